The highest BCUT2D eigenvalue weighted by Gasteiger charge is 2.16. The first-order valence-electron chi connectivity index (χ1n) is 10.4. The predicted molar refractivity (Wildman–Crippen MR) is 126 cm³/mol. The van der Waals surface area contributed by atoms with Crippen LogP contribution < -0.4 is 5.32 Å². The van der Waals surface area contributed by atoms with Gasteiger partial charge >= 0.3 is 0 Å². The number of nitrogens with zero attached hydrogens (tertiary/aromatic N) is 5. The molecule has 164 valence electrons. The van der Waals surface area contributed by atoms with Crippen molar-refractivity contribution >= 4 is 17.7 Å². The molecule has 7 nitrogen and oxygen atoms in total. The number of hydrogen-bond donors (Lipinski definition) is 1. The fourth-order valence-corrected chi connectivity index (χ4v) is 4.37. The number of carbonyl (C=O) groups is 1. The second-order valence-electron chi connectivity index (χ2n) is 7.66. The minimum Gasteiger partial charge on any atom is -0.351 e. The van der Waals surface area contributed by atoms with Crippen molar-refractivity contribution in [3.63, 3.8) is 0 Å². The highest BCUT2D eigenvalue weighted by molar-refractivity contribution is 7.99. The van der Waals surface area contributed by atoms with E-state index < -0.39 is 0 Å². The first kappa shape index (κ1) is 21.8. The molecule has 8 heteroatoms. The molecule has 2 aromatic carbocycles. The second-order valence-corrected chi connectivity index (χ2v) is 8.61. The van der Waals surface area contributed by atoms with E-state index in [9.17, 15) is 4.79 Å². The molecule has 2 aromatic heterocycles. The summed E-state index contributed by atoms with van der Waals surface area (Å²) in [6, 6.07) is 18.2. The molecule has 0 unspecified atom stereocenters. The van der Waals surface area contributed by atoms with Gasteiger partial charge in [-0.3, -0.25) is 9.36 Å². The molecule has 0 spiro atoms. The summed E-state index contributed by atoms with van der Waals surface area (Å²) < 4.78 is 3.88. The fraction of sp³-hybridized carbons (Fsp3) is 0.250. The molecule has 0 aliphatic heterocycles. The number of rotatable bonds is 7. The topological polar surface area (TPSA) is 77.6 Å². The lowest BCUT2D eigenvalue weighted by molar-refractivity contribution is -0.118. The van der Waals surface area contributed by atoms with Crippen LogP contribution in [0.4, 0.5) is 0 Å². The van der Waals surface area contributed by atoms with E-state index in [2.05, 4.69) is 39.7 Å². The van der Waals surface area contributed by atoms with Crippen molar-refractivity contribution in [2.45, 2.75) is 39.4 Å². The van der Waals surface area contributed by atoms with E-state index in [0.717, 1.165) is 34.2 Å². The molecule has 0 aliphatic rings. The van der Waals surface area contributed by atoms with Gasteiger partial charge in [-0.15, -0.1) is 10.2 Å². The molecule has 1 amide bonds. The van der Waals surface area contributed by atoms with Crippen LogP contribution in [0.2, 0.25) is 0 Å². The van der Waals surface area contributed by atoms with Crippen LogP contribution in [0.5, 0.6) is 0 Å². The normalized spacial score (nSPS) is 11.0. The largest absolute Gasteiger partial charge is 0.351 e. The third-order valence-corrected chi connectivity index (χ3v) is 6.25. The van der Waals surface area contributed by atoms with Crippen molar-refractivity contribution in [3.05, 3.63) is 82.9 Å². The Morgan fingerprint density at radius 2 is 1.66 bits per heavy atom. The Labute approximate surface area is 191 Å². The van der Waals surface area contributed by atoms with Gasteiger partial charge in [0.2, 0.25) is 5.91 Å². The minimum absolute atomic E-state index is 0.0580. The van der Waals surface area contributed by atoms with Crippen LogP contribution >= 0.6 is 11.8 Å². The average molecular weight is 447 g/mol. The van der Waals surface area contributed by atoms with E-state index in [4.69, 9.17) is 0 Å². The summed E-state index contributed by atoms with van der Waals surface area (Å²) in [4.78, 5) is 12.6. The molecule has 1 N–H and O–H groups in total. The molecule has 2 heterocycles. The average Bonchev–Trinajstić information content (AvgIpc) is 3.30. The number of aromatic nitrogens is 5. The molecular formula is C24H26N6OS. The summed E-state index contributed by atoms with van der Waals surface area (Å²) in [5.74, 6) is 0.989. The van der Waals surface area contributed by atoms with E-state index in [1.807, 2.05) is 72.5 Å². The number of aryl methyl sites for hydroxylation is 3. The van der Waals surface area contributed by atoms with Gasteiger partial charge in [-0.05, 0) is 52.0 Å². The van der Waals surface area contributed by atoms with Crippen molar-refractivity contribution < 1.29 is 4.79 Å². The molecule has 0 saturated carbocycles. The van der Waals surface area contributed by atoms with E-state index in [0.29, 0.717) is 11.7 Å². The highest BCUT2D eigenvalue weighted by Crippen LogP contribution is 2.22. The van der Waals surface area contributed by atoms with E-state index >= 15 is 0 Å². The maximum atomic E-state index is 12.6. The third kappa shape index (κ3) is 4.60. The Kier molecular flexibility index (Phi) is 6.41. The van der Waals surface area contributed by atoms with E-state index in [1.54, 1.807) is 0 Å². The van der Waals surface area contributed by atoms with Crippen LogP contribution in [0.25, 0.3) is 11.4 Å². The van der Waals surface area contributed by atoms with Crippen molar-refractivity contribution in [1.82, 2.24) is 29.9 Å². The maximum absolute atomic E-state index is 12.6. The summed E-state index contributed by atoms with van der Waals surface area (Å²) in [7, 11) is 0. The SMILES string of the molecule is Cc1ccc(-n2c(C)nnc2SCC(=O)NCc2c(C)nn(-c3ccccc3)c2C)cc1. The zero-order chi connectivity index (χ0) is 22.7. The molecule has 0 aliphatic carbocycles. The summed E-state index contributed by atoms with van der Waals surface area (Å²) in [6.07, 6.45) is 0. The van der Waals surface area contributed by atoms with Crippen LogP contribution in [-0.2, 0) is 11.3 Å². The standard InChI is InChI=1S/C24H26N6OS/c1-16-10-12-20(13-11-16)29-19(4)26-27-24(29)32-15-23(31)25-14-22-17(2)28-30(18(22)3)21-8-6-5-7-9-21/h5-13H,14-15H2,1-4H3,(H,25,31). The molecule has 4 aromatic rings. The molecule has 0 bridgehead atoms. The van der Waals surface area contributed by atoms with Gasteiger partial charge in [0.15, 0.2) is 5.16 Å². The number of nitrogens with one attached hydrogen (secondary N) is 1. The Balaban J connectivity index is 1.40. The zero-order valence-corrected chi connectivity index (χ0v) is 19.5. The second kappa shape index (κ2) is 9.40. The monoisotopic (exact) mass is 446 g/mol. The third-order valence-electron chi connectivity index (χ3n) is 5.32. The van der Waals surface area contributed by atoms with Crippen LogP contribution in [0, 0.1) is 27.7 Å². The van der Waals surface area contributed by atoms with Gasteiger partial charge < -0.3 is 5.32 Å². The number of benzene rings is 2. The number of carbonyl (C=O) groups excluding carboxylic acids is 1. The van der Waals surface area contributed by atoms with Gasteiger partial charge in [0.05, 0.1) is 17.1 Å². The summed E-state index contributed by atoms with van der Waals surface area (Å²) >= 11 is 1.38. The van der Waals surface area contributed by atoms with Crippen molar-refractivity contribution in [2.75, 3.05) is 5.75 Å². The molecule has 32 heavy (non-hydrogen) atoms. The van der Waals surface area contributed by atoms with Gasteiger partial charge in [0, 0.05) is 23.5 Å². The van der Waals surface area contributed by atoms with Crippen molar-refractivity contribution in [2.24, 2.45) is 0 Å². The van der Waals surface area contributed by atoms with E-state index in [-0.39, 0.29) is 11.7 Å². The Bertz CT molecular complexity index is 1230. The summed E-state index contributed by atoms with van der Waals surface area (Å²) in [5, 5.41) is 16.8. The lowest BCUT2D eigenvalue weighted by atomic mass is 10.2. The molecular weight excluding hydrogens is 420 g/mol. The molecule has 0 saturated heterocycles. The molecule has 4 rings (SSSR count). The van der Waals surface area contributed by atoms with Gasteiger partial charge in [-0.25, -0.2) is 4.68 Å². The highest BCUT2D eigenvalue weighted by atomic mass is 32.2. The molecule has 0 radical (unpaired) electrons. The lowest BCUT2D eigenvalue weighted by Crippen LogP contribution is -2.25. The van der Waals surface area contributed by atoms with Crippen LogP contribution in [0.15, 0.2) is 59.8 Å². The van der Waals surface area contributed by atoms with Crippen molar-refractivity contribution in [3.8, 4) is 11.4 Å². The smallest absolute Gasteiger partial charge is 0.230 e. The Hall–Kier alpha value is -3.39. The maximum Gasteiger partial charge on any atom is 0.230 e. The minimum atomic E-state index is -0.0580. The van der Waals surface area contributed by atoms with Crippen LogP contribution in [-0.4, -0.2) is 36.2 Å². The van der Waals surface area contributed by atoms with Gasteiger partial charge in [0.25, 0.3) is 0 Å². The molecule has 0 fully saturated rings. The number of thioether (sulfide) groups is 1. The summed E-state index contributed by atoms with van der Waals surface area (Å²) in [5.41, 5.74) is 6.15. The first-order valence-corrected chi connectivity index (χ1v) is 11.4. The van der Waals surface area contributed by atoms with Gasteiger partial charge in [-0.2, -0.15) is 5.10 Å². The summed E-state index contributed by atoms with van der Waals surface area (Å²) in [6.45, 7) is 8.39. The zero-order valence-electron chi connectivity index (χ0n) is 18.7. The number of amides is 1. The fourth-order valence-electron chi connectivity index (χ4n) is 3.55. The van der Waals surface area contributed by atoms with Crippen LogP contribution in [0.3, 0.4) is 0 Å². The van der Waals surface area contributed by atoms with Gasteiger partial charge in [-0.1, -0.05) is 47.7 Å². The lowest BCUT2D eigenvalue weighted by Gasteiger charge is -2.09. The van der Waals surface area contributed by atoms with Crippen molar-refractivity contribution in [1.29, 1.82) is 0 Å². The first-order chi connectivity index (χ1) is 15.4. The quantitative estimate of drug-likeness (QED) is 0.433. The number of hydrogen-bond acceptors (Lipinski definition) is 5. The van der Waals surface area contributed by atoms with Gasteiger partial charge in [0.1, 0.15) is 5.82 Å². The van der Waals surface area contributed by atoms with Crippen LogP contribution in [0.1, 0.15) is 28.3 Å². The Morgan fingerprint density at radius 3 is 2.38 bits per heavy atom. The van der Waals surface area contributed by atoms with E-state index in [1.165, 1.54) is 17.3 Å². The molecule has 0 atom stereocenters. The number of para-hydroxylation sites is 1. The predicted octanol–water partition coefficient (Wildman–Crippen LogP) is 4.10. The Morgan fingerprint density at radius 1 is 0.938 bits per heavy atom.